The molecule has 34 heavy (non-hydrogen) atoms. The predicted molar refractivity (Wildman–Crippen MR) is 146 cm³/mol. The van der Waals surface area contributed by atoms with Crippen molar-refractivity contribution in [1.29, 1.82) is 0 Å². The molecule has 4 N–H and O–H groups in total. The highest BCUT2D eigenvalue weighted by Crippen LogP contribution is 2.11. The molecule has 0 saturated carbocycles. The first-order valence-corrected chi connectivity index (χ1v) is 14.8. The summed E-state index contributed by atoms with van der Waals surface area (Å²) in [5, 5.41) is 0. The fraction of sp³-hybridized carbons (Fsp3) is 1.00. The summed E-state index contributed by atoms with van der Waals surface area (Å²) in [7, 11) is 0. The second-order valence-corrected chi connectivity index (χ2v) is 10.4. The lowest BCUT2D eigenvalue weighted by Crippen LogP contribution is -2.39. The van der Waals surface area contributed by atoms with Crippen molar-refractivity contribution >= 4 is 0 Å². The van der Waals surface area contributed by atoms with E-state index in [1.165, 1.54) is 116 Å². The van der Waals surface area contributed by atoms with E-state index in [1.54, 1.807) is 0 Å². The van der Waals surface area contributed by atoms with Gasteiger partial charge in [0.1, 0.15) is 0 Å². The second-order valence-electron chi connectivity index (χ2n) is 10.4. The van der Waals surface area contributed by atoms with Crippen molar-refractivity contribution in [3.63, 3.8) is 0 Å². The molecule has 6 nitrogen and oxygen atoms in total. The Kier molecular flexibility index (Phi) is 21.7. The first-order valence-electron chi connectivity index (χ1n) is 14.8. The molecule has 0 radical (unpaired) electrons. The number of unbranched alkanes of at least 4 members (excludes halogenated alkanes) is 6. The van der Waals surface area contributed by atoms with Gasteiger partial charge in [-0.15, -0.1) is 0 Å². The molecular formula is C28H60N4O2. The van der Waals surface area contributed by atoms with Gasteiger partial charge in [-0.3, -0.25) is 0 Å². The van der Waals surface area contributed by atoms with Gasteiger partial charge in [0, 0.05) is 38.5 Å². The third kappa shape index (κ3) is 19.0. The Labute approximate surface area is 212 Å². The Morgan fingerprint density at radius 2 is 0.882 bits per heavy atom. The van der Waals surface area contributed by atoms with Crippen LogP contribution in [-0.4, -0.2) is 87.6 Å². The highest BCUT2D eigenvalue weighted by Gasteiger charge is 2.15. The summed E-state index contributed by atoms with van der Waals surface area (Å²) in [5.41, 5.74) is 11.8. The maximum Gasteiger partial charge on any atom is 0.0466 e. The normalized spacial score (nSPS) is 18.7. The third-order valence-electron chi connectivity index (χ3n) is 6.99. The Morgan fingerprint density at radius 3 is 1.24 bits per heavy atom. The van der Waals surface area contributed by atoms with E-state index in [0.29, 0.717) is 12.1 Å². The van der Waals surface area contributed by atoms with Crippen molar-refractivity contribution in [2.24, 2.45) is 11.5 Å². The number of nitrogens with zero attached hydrogens (tertiary/aromatic N) is 2. The van der Waals surface area contributed by atoms with E-state index in [-0.39, 0.29) is 0 Å². The van der Waals surface area contributed by atoms with Gasteiger partial charge in [0.25, 0.3) is 0 Å². The molecule has 204 valence electrons. The van der Waals surface area contributed by atoms with Crippen LogP contribution in [0.3, 0.4) is 0 Å². The van der Waals surface area contributed by atoms with Gasteiger partial charge in [-0.25, -0.2) is 0 Å². The van der Waals surface area contributed by atoms with Crippen molar-refractivity contribution in [2.45, 2.75) is 116 Å². The molecule has 2 saturated heterocycles. The average Bonchev–Trinajstić information content (AvgIpc) is 2.85. The lowest BCUT2D eigenvalue weighted by molar-refractivity contribution is 0.130. The van der Waals surface area contributed by atoms with Gasteiger partial charge in [-0.05, 0) is 103 Å². The molecule has 6 heteroatoms. The minimum atomic E-state index is 0.460. The fourth-order valence-electron chi connectivity index (χ4n) is 4.63. The summed E-state index contributed by atoms with van der Waals surface area (Å²) < 4.78 is 10.9. The quantitative estimate of drug-likeness (QED) is 0.272. The Bertz CT molecular complexity index is 373. The summed E-state index contributed by atoms with van der Waals surface area (Å²) in [4.78, 5) is 5.13. The van der Waals surface area contributed by atoms with Gasteiger partial charge < -0.3 is 30.7 Å². The van der Waals surface area contributed by atoms with Crippen LogP contribution >= 0.6 is 0 Å². The molecule has 0 amide bonds. The fourth-order valence-corrected chi connectivity index (χ4v) is 4.63. The summed E-state index contributed by atoms with van der Waals surface area (Å²) in [5.74, 6) is 0. The van der Waals surface area contributed by atoms with Crippen LogP contribution in [0, 0.1) is 0 Å². The van der Waals surface area contributed by atoms with Crippen LogP contribution in [0.25, 0.3) is 0 Å². The largest absolute Gasteiger partial charge is 0.381 e. The zero-order valence-corrected chi connectivity index (χ0v) is 23.0. The van der Waals surface area contributed by atoms with Gasteiger partial charge in [-0.2, -0.15) is 0 Å². The number of hydrogen-bond acceptors (Lipinski definition) is 6. The molecule has 2 heterocycles. The van der Waals surface area contributed by atoms with Gasteiger partial charge in [0.2, 0.25) is 0 Å². The summed E-state index contributed by atoms with van der Waals surface area (Å²) in [6.07, 6.45) is 17.5. The molecule has 0 aromatic carbocycles. The van der Waals surface area contributed by atoms with Crippen LogP contribution in [0.1, 0.15) is 104 Å². The Balaban J connectivity index is 0.000000340. The highest BCUT2D eigenvalue weighted by atomic mass is 16.5. The van der Waals surface area contributed by atoms with Crippen LogP contribution in [0.4, 0.5) is 0 Å². The number of piperidine rings is 2. The number of nitrogens with two attached hydrogens (primary N) is 2. The van der Waals surface area contributed by atoms with Gasteiger partial charge in [0.15, 0.2) is 0 Å². The maximum atomic E-state index is 5.89. The number of rotatable bonds is 18. The van der Waals surface area contributed by atoms with E-state index in [4.69, 9.17) is 20.9 Å². The van der Waals surface area contributed by atoms with Gasteiger partial charge >= 0.3 is 0 Å². The summed E-state index contributed by atoms with van der Waals surface area (Å²) in [6, 6.07) is 0.920. The Hall–Kier alpha value is -0.240. The molecule has 0 aliphatic carbocycles. The van der Waals surface area contributed by atoms with Crippen molar-refractivity contribution < 1.29 is 9.47 Å². The van der Waals surface area contributed by atoms with Crippen LogP contribution in [0.2, 0.25) is 0 Å². The van der Waals surface area contributed by atoms with Crippen molar-refractivity contribution in [3.8, 4) is 0 Å². The molecule has 2 aliphatic rings. The summed E-state index contributed by atoms with van der Waals surface area (Å²) in [6.45, 7) is 15.4. The highest BCUT2D eigenvalue weighted by molar-refractivity contribution is 4.74. The molecule has 0 atom stereocenters. The van der Waals surface area contributed by atoms with Crippen molar-refractivity contribution in [3.05, 3.63) is 0 Å². The zero-order valence-electron chi connectivity index (χ0n) is 23.0. The van der Waals surface area contributed by atoms with E-state index in [2.05, 4.69) is 23.6 Å². The van der Waals surface area contributed by atoms with Crippen LogP contribution in [0.15, 0.2) is 0 Å². The van der Waals surface area contributed by atoms with Crippen LogP contribution in [-0.2, 0) is 9.47 Å². The zero-order chi connectivity index (χ0) is 24.7. The minimum Gasteiger partial charge on any atom is -0.381 e. The molecule has 0 aromatic heterocycles. The molecule has 0 bridgehead atoms. The first-order chi connectivity index (χ1) is 16.7. The molecule has 2 rings (SSSR count). The molecular weight excluding hydrogens is 424 g/mol. The van der Waals surface area contributed by atoms with E-state index < -0.39 is 0 Å². The number of ether oxygens (including phenoxy) is 2. The minimum absolute atomic E-state index is 0.460. The van der Waals surface area contributed by atoms with Crippen LogP contribution < -0.4 is 11.5 Å². The summed E-state index contributed by atoms with van der Waals surface area (Å²) >= 11 is 0. The number of likely N-dealkylation sites (tertiary alicyclic amines) is 2. The lowest BCUT2D eigenvalue weighted by Gasteiger charge is -2.29. The maximum absolute atomic E-state index is 5.89. The lowest BCUT2D eigenvalue weighted by atomic mass is 10.1. The molecule has 2 aliphatic heterocycles. The SMILES string of the molecule is CCCOCCCCCCN1CCC(N)CC1.CCCOCCCCCCN1CCC(N)CC1. The topological polar surface area (TPSA) is 77.0 Å². The number of hydrogen-bond donors (Lipinski definition) is 2. The molecule has 2 fully saturated rings. The third-order valence-corrected chi connectivity index (χ3v) is 6.99. The van der Waals surface area contributed by atoms with Gasteiger partial charge in [-0.1, -0.05) is 39.5 Å². The van der Waals surface area contributed by atoms with Crippen molar-refractivity contribution in [2.75, 3.05) is 65.7 Å². The Morgan fingerprint density at radius 1 is 0.529 bits per heavy atom. The molecule has 0 unspecified atom stereocenters. The molecule has 0 aromatic rings. The standard InChI is InChI=1S/2C14H30N2O/c2*1-2-12-17-13-6-4-3-5-9-16-10-7-14(15)8-11-16/h2*14H,2-13,15H2,1H3. The predicted octanol–water partition coefficient (Wildman–Crippen LogP) is 4.79. The van der Waals surface area contributed by atoms with E-state index in [9.17, 15) is 0 Å². The van der Waals surface area contributed by atoms with E-state index in [0.717, 1.165) is 39.3 Å². The average molecular weight is 485 g/mol. The van der Waals surface area contributed by atoms with E-state index >= 15 is 0 Å². The van der Waals surface area contributed by atoms with Crippen molar-refractivity contribution in [1.82, 2.24) is 9.80 Å². The van der Waals surface area contributed by atoms with Gasteiger partial charge in [0.05, 0.1) is 0 Å². The smallest absolute Gasteiger partial charge is 0.0466 e. The monoisotopic (exact) mass is 484 g/mol. The van der Waals surface area contributed by atoms with E-state index in [1.807, 2.05) is 0 Å². The molecule has 0 spiro atoms. The second kappa shape index (κ2) is 23.2. The van der Waals surface area contributed by atoms with Crippen LogP contribution in [0.5, 0.6) is 0 Å². The first kappa shape index (κ1) is 31.8.